The molecule has 512 valence electrons. The lowest BCUT2D eigenvalue weighted by Gasteiger charge is -2.46. The molecule has 5 aromatic rings. The van der Waals surface area contributed by atoms with Crippen molar-refractivity contribution < 1.29 is 98.2 Å². The van der Waals surface area contributed by atoms with Crippen LogP contribution < -0.4 is 31.9 Å². The fourth-order valence-corrected chi connectivity index (χ4v) is 12.3. The van der Waals surface area contributed by atoms with Gasteiger partial charge in [0.15, 0.2) is 0 Å². The second-order valence-corrected chi connectivity index (χ2v) is 25.3. The van der Waals surface area contributed by atoms with Gasteiger partial charge in [0.05, 0.1) is 56.1 Å². The zero-order chi connectivity index (χ0) is 68.7. The van der Waals surface area contributed by atoms with Crippen molar-refractivity contribution in [2.75, 3.05) is 62.4 Å². The monoisotopic (exact) mass is 1350 g/mol. The lowest BCUT2D eigenvalue weighted by molar-refractivity contribution is -0.310. The predicted molar refractivity (Wildman–Crippen MR) is 351 cm³/mol. The van der Waals surface area contributed by atoms with Crippen LogP contribution in [0.3, 0.4) is 0 Å². The van der Waals surface area contributed by atoms with Crippen molar-refractivity contribution in [3.63, 3.8) is 0 Å². The van der Waals surface area contributed by atoms with Crippen LogP contribution in [0.25, 0.3) is 22.3 Å². The van der Waals surface area contributed by atoms with Gasteiger partial charge >= 0.3 is 11.9 Å². The molecule has 0 aromatic heterocycles. The Labute approximate surface area is 557 Å². The maximum Gasteiger partial charge on any atom is 0.364 e. The Bertz CT molecular complexity index is 3360. The largest absolute Gasteiger partial charge is 0.477 e. The summed E-state index contributed by atoms with van der Waals surface area (Å²) in [7, 11) is 0. The number of aliphatic hydroxyl groups excluding tert-OH is 6. The summed E-state index contributed by atoms with van der Waals surface area (Å²) >= 11 is 2.85. The highest BCUT2D eigenvalue weighted by Gasteiger charge is 2.57. The van der Waals surface area contributed by atoms with E-state index in [1.807, 2.05) is 78.9 Å². The van der Waals surface area contributed by atoms with E-state index in [1.165, 1.54) is 47.8 Å². The summed E-state index contributed by atoms with van der Waals surface area (Å²) in [6.45, 7) is 1.45. The van der Waals surface area contributed by atoms with Gasteiger partial charge in [-0.25, -0.2) is 9.59 Å². The molecule has 0 aliphatic carbocycles. The predicted octanol–water partition coefficient (Wildman–Crippen LogP) is 1.86. The minimum atomic E-state index is -2.49. The Morgan fingerprint density at radius 2 is 0.916 bits per heavy atom. The van der Waals surface area contributed by atoms with Crippen molar-refractivity contribution in [2.45, 2.75) is 118 Å². The summed E-state index contributed by atoms with van der Waals surface area (Å²) in [5.74, 6) is -9.53. The van der Waals surface area contributed by atoms with E-state index >= 15 is 0 Å². The first-order chi connectivity index (χ1) is 45.5. The number of rotatable bonds is 35. The molecule has 0 unspecified atom stereocenters. The molecule has 0 bridgehead atoms. The topological polar surface area (TPSA) is 408 Å². The Morgan fingerprint density at radius 3 is 1.36 bits per heavy atom. The molecule has 2 saturated heterocycles. The van der Waals surface area contributed by atoms with E-state index in [2.05, 4.69) is 31.9 Å². The summed E-state index contributed by atoms with van der Waals surface area (Å²) in [6, 6.07) is 36.4. The van der Waals surface area contributed by atoms with Crippen LogP contribution in [0, 0.1) is 0 Å². The minimum Gasteiger partial charge on any atom is -0.477 e. The minimum absolute atomic E-state index is 0.0440. The maximum atomic E-state index is 13.1. The van der Waals surface area contributed by atoms with E-state index in [1.54, 1.807) is 30.3 Å². The van der Waals surface area contributed by atoms with Crippen LogP contribution >= 0.6 is 23.5 Å². The average molecular weight is 1360 g/mol. The number of hydrogen-bond donors (Lipinski definition) is 14. The van der Waals surface area contributed by atoms with E-state index in [9.17, 15) is 79.2 Å². The summed E-state index contributed by atoms with van der Waals surface area (Å²) in [5, 5.41) is 103. The van der Waals surface area contributed by atoms with E-state index in [0.717, 1.165) is 36.1 Å². The molecule has 2 aliphatic heterocycles. The van der Waals surface area contributed by atoms with Gasteiger partial charge in [0.2, 0.25) is 17.7 Å². The molecular weight excluding hydrogens is 1270 g/mol. The summed E-state index contributed by atoms with van der Waals surface area (Å²) in [5.41, 5.74) is 5.16. The first kappa shape index (κ1) is 74.6. The first-order valence-electron chi connectivity index (χ1n) is 30.9. The second kappa shape index (κ2) is 36.3. The number of aliphatic hydroxyl groups is 6. The summed E-state index contributed by atoms with van der Waals surface area (Å²) < 4.78 is 23.2. The van der Waals surface area contributed by atoms with Crippen LogP contribution in [0.15, 0.2) is 133 Å². The molecule has 12 atom stereocenters. The molecule has 6 amide bonds. The quantitative estimate of drug-likeness (QED) is 0.0257. The standard InChI is InChI=1S/C67H82N6O20S2/c1-40(74)72-55-50(76)36-66(64(86)87,92-59(55)57(81)52(78)38-70-54(80)34-42-18-20-45(21-19-42)43-12-5-3-6-13-43)90-28-10-30-94-32-26-68-61(83)46-22-24-47(25-23-46)62(84)69-27-33-95-31-11-29-91-67(65(88)89)37-51(77)56(73-41(2)75)60(93-67)58(82)53(79)39-71-63(85)49-17-9-16-48(35-49)44-14-7-4-8-15-44/h3-9,12-25,35,50-53,55-60,76-79,81-82H,10-11,26-34,36-39H2,1-2H3,(H,68,83)(H,69,84)(H,70,80)(H,71,85)(H,72,74)(H,73,75)(H,86,87)(H,88,89)/t50-,51-,52+,53+,55+,56+,57+,58+,59+,60+,66+,67+/m0/s1. The molecule has 2 fully saturated rings. The van der Waals surface area contributed by atoms with Gasteiger partial charge in [0.1, 0.15) is 24.4 Å². The lowest BCUT2D eigenvalue weighted by atomic mass is 9.88. The molecule has 28 heteroatoms. The normalized spacial score (nSPS) is 22.1. The van der Waals surface area contributed by atoms with Crippen molar-refractivity contribution in [3.8, 4) is 22.3 Å². The number of nitrogens with one attached hydrogen (secondary N) is 6. The number of amides is 6. The number of ether oxygens (including phenoxy) is 4. The maximum absolute atomic E-state index is 13.1. The SMILES string of the molecule is CC(=O)N[C@H]1[C@H]([C@H](O)[C@H](O)CNC(=O)Cc2ccc(-c3ccccc3)cc2)O[C@@](OCCCSCCNC(=O)c2ccc(C(=O)NCCSCCCO[C@]3(C(=O)O)C[C@H](O)[C@@H](NC(C)=O)[C@H]([C@H](O)[C@H](O)CNC(=O)c4cccc(-c5ccccc5)c4)O3)cc2)(C(=O)O)C[C@@H]1O. The van der Waals surface area contributed by atoms with E-state index < -0.39 is 146 Å². The number of benzene rings is 5. The molecule has 95 heavy (non-hydrogen) atoms. The highest BCUT2D eigenvalue weighted by Crippen LogP contribution is 2.36. The van der Waals surface area contributed by atoms with Gasteiger partial charge in [-0.3, -0.25) is 28.8 Å². The molecule has 5 aromatic carbocycles. The van der Waals surface area contributed by atoms with E-state index in [4.69, 9.17) is 18.9 Å². The highest BCUT2D eigenvalue weighted by molar-refractivity contribution is 7.99. The van der Waals surface area contributed by atoms with E-state index in [-0.39, 0.29) is 44.7 Å². The number of carbonyl (C=O) groups is 8. The lowest BCUT2D eigenvalue weighted by Crippen LogP contribution is -2.68. The second-order valence-electron chi connectivity index (χ2n) is 22.8. The van der Waals surface area contributed by atoms with Gasteiger partial charge in [-0.15, -0.1) is 0 Å². The molecule has 26 nitrogen and oxygen atoms in total. The van der Waals surface area contributed by atoms with Gasteiger partial charge < -0.3 is 91.7 Å². The van der Waals surface area contributed by atoms with Gasteiger partial charge in [-0.1, -0.05) is 97.1 Å². The molecular formula is C67H82N6O20S2. The Morgan fingerprint density at radius 1 is 0.505 bits per heavy atom. The number of carbonyl (C=O) groups excluding carboxylic acids is 6. The van der Waals surface area contributed by atoms with E-state index in [0.29, 0.717) is 46.1 Å². The fourth-order valence-electron chi connectivity index (χ4n) is 10.7. The van der Waals surface area contributed by atoms with Crippen molar-refractivity contribution >= 4 is 70.9 Å². The molecule has 2 aliphatic rings. The van der Waals surface area contributed by atoms with Crippen LogP contribution in [-0.2, 0) is 49.3 Å². The Hall–Kier alpha value is -7.84. The molecule has 2 heterocycles. The molecule has 0 radical (unpaired) electrons. The van der Waals surface area contributed by atoms with Crippen LogP contribution in [-0.4, -0.2) is 223 Å². The average Bonchev–Trinajstić information content (AvgIpc) is 0.780. The van der Waals surface area contributed by atoms with Crippen molar-refractivity contribution in [1.29, 1.82) is 0 Å². The Balaban J connectivity index is 0.772. The smallest absolute Gasteiger partial charge is 0.364 e. The number of carboxylic acid groups (broad SMARTS) is 2. The van der Waals surface area contributed by atoms with Gasteiger partial charge in [-0.2, -0.15) is 23.5 Å². The van der Waals surface area contributed by atoms with Crippen molar-refractivity contribution in [2.24, 2.45) is 0 Å². The molecule has 14 N–H and O–H groups in total. The highest BCUT2D eigenvalue weighted by atomic mass is 32.2. The zero-order valence-electron chi connectivity index (χ0n) is 52.4. The van der Waals surface area contributed by atoms with Crippen LogP contribution in [0.4, 0.5) is 0 Å². The van der Waals surface area contributed by atoms with Crippen LogP contribution in [0.5, 0.6) is 0 Å². The molecule has 0 spiro atoms. The number of thioether (sulfide) groups is 2. The van der Waals surface area contributed by atoms with Gasteiger partial charge in [0.25, 0.3) is 29.3 Å². The van der Waals surface area contributed by atoms with Crippen LogP contribution in [0.1, 0.15) is 76.2 Å². The van der Waals surface area contributed by atoms with Crippen molar-refractivity contribution in [1.82, 2.24) is 31.9 Å². The van der Waals surface area contributed by atoms with Crippen LogP contribution in [0.2, 0.25) is 0 Å². The zero-order valence-corrected chi connectivity index (χ0v) is 54.0. The third-order valence-corrected chi connectivity index (χ3v) is 17.8. The molecule has 7 rings (SSSR count). The third kappa shape index (κ3) is 21.6. The number of carboxylic acids is 2. The number of hydrogen-bond acceptors (Lipinski definition) is 20. The van der Waals surface area contributed by atoms with Crippen molar-refractivity contribution in [3.05, 3.63) is 156 Å². The number of aliphatic carboxylic acids is 2. The Kier molecular flexibility index (Phi) is 28.5. The van der Waals surface area contributed by atoms with Gasteiger partial charge in [0, 0.05) is 81.1 Å². The molecule has 0 saturated carbocycles. The van der Waals surface area contributed by atoms with Gasteiger partial charge in [-0.05, 0) is 88.6 Å². The fraction of sp³-hybridized carbons (Fsp3) is 0.433. The summed E-state index contributed by atoms with van der Waals surface area (Å²) in [4.78, 5) is 102. The summed E-state index contributed by atoms with van der Waals surface area (Å²) in [6.07, 6.45) is -14.7. The first-order valence-corrected chi connectivity index (χ1v) is 33.2. The third-order valence-electron chi connectivity index (χ3n) is 15.6.